The fraction of sp³-hybridized carbons (Fsp3) is 0.240. The number of ether oxygens (including phenoxy) is 3. The molecular weight excluding hydrogens is 392 g/mol. The normalized spacial score (nSPS) is 15.1. The highest BCUT2D eigenvalue weighted by Crippen LogP contribution is 2.41. The third-order valence-corrected chi connectivity index (χ3v) is 5.57. The highest BCUT2D eigenvalue weighted by Gasteiger charge is 2.33. The van der Waals surface area contributed by atoms with E-state index in [0.717, 1.165) is 23.1 Å². The molecule has 6 nitrogen and oxygen atoms in total. The number of hydrogen-bond acceptors (Lipinski definition) is 4. The molecule has 6 heteroatoms. The number of carbonyl (C=O) groups is 1. The molecule has 0 aromatic heterocycles. The summed E-state index contributed by atoms with van der Waals surface area (Å²) in [5.41, 5.74) is 3.92. The number of benzene rings is 3. The molecule has 0 saturated heterocycles. The van der Waals surface area contributed by atoms with Crippen molar-refractivity contribution in [1.29, 1.82) is 0 Å². The van der Waals surface area contributed by atoms with E-state index in [9.17, 15) is 4.79 Å². The first-order chi connectivity index (χ1) is 15.1. The quantitative estimate of drug-likeness (QED) is 0.641. The minimum absolute atomic E-state index is 0.164. The fourth-order valence-corrected chi connectivity index (χ4v) is 4.06. The van der Waals surface area contributed by atoms with Crippen LogP contribution in [0.15, 0.2) is 66.7 Å². The summed E-state index contributed by atoms with van der Waals surface area (Å²) in [6, 6.07) is 21.0. The molecule has 31 heavy (non-hydrogen) atoms. The molecular formula is C25H26N2O4. The highest BCUT2D eigenvalue weighted by atomic mass is 16.5. The zero-order valence-corrected chi connectivity index (χ0v) is 17.9. The van der Waals surface area contributed by atoms with E-state index in [4.69, 9.17) is 14.2 Å². The monoisotopic (exact) mass is 418 g/mol. The number of fused-ring (bicyclic) bond motifs is 1. The van der Waals surface area contributed by atoms with Crippen molar-refractivity contribution in [3.8, 4) is 17.2 Å². The Morgan fingerprint density at radius 2 is 1.65 bits per heavy atom. The smallest absolute Gasteiger partial charge is 0.322 e. The fourth-order valence-electron chi connectivity index (χ4n) is 4.06. The molecule has 0 bridgehead atoms. The molecule has 1 unspecified atom stereocenters. The number of methoxy groups -OCH3 is 3. The Hall–Kier alpha value is -3.67. The van der Waals surface area contributed by atoms with Crippen molar-refractivity contribution in [1.82, 2.24) is 4.90 Å². The van der Waals surface area contributed by atoms with Crippen molar-refractivity contribution in [2.45, 2.75) is 12.5 Å². The molecule has 3 aromatic rings. The SMILES string of the molecule is COc1cccc(NC(=O)N2CCc3cc(OC)c(OC)cc3C2c2ccccc2)c1. The van der Waals surface area contributed by atoms with Crippen LogP contribution in [0.5, 0.6) is 17.2 Å². The lowest BCUT2D eigenvalue weighted by Crippen LogP contribution is -2.43. The maximum atomic E-state index is 13.4. The van der Waals surface area contributed by atoms with Gasteiger partial charge in [-0.25, -0.2) is 4.79 Å². The second kappa shape index (κ2) is 9.00. The van der Waals surface area contributed by atoms with Gasteiger partial charge in [-0.05, 0) is 47.4 Å². The van der Waals surface area contributed by atoms with Crippen LogP contribution in [-0.4, -0.2) is 38.8 Å². The van der Waals surface area contributed by atoms with Crippen LogP contribution in [0.1, 0.15) is 22.7 Å². The van der Waals surface area contributed by atoms with Crippen LogP contribution in [0.4, 0.5) is 10.5 Å². The van der Waals surface area contributed by atoms with Crippen LogP contribution < -0.4 is 19.5 Å². The average Bonchev–Trinajstić information content (AvgIpc) is 2.82. The number of rotatable bonds is 5. The van der Waals surface area contributed by atoms with Gasteiger partial charge in [0, 0.05) is 18.3 Å². The first-order valence-corrected chi connectivity index (χ1v) is 10.2. The van der Waals surface area contributed by atoms with Crippen LogP contribution in [0.25, 0.3) is 0 Å². The predicted octanol–water partition coefficient (Wildman–Crippen LogP) is 4.89. The van der Waals surface area contributed by atoms with Gasteiger partial charge in [0.1, 0.15) is 5.75 Å². The van der Waals surface area contributed by atoms with Crippen molar-refractivity contribution < 1.29 is 19.0 Å². The number of nitrogens with zero attached hydrogens (tertiary/aromatic N) is 1. The van der Waals surface area contributed by atoms with E-state index >= 15 is 0 Å². The Morgan fingerprint density at radius 3 is 2.35 bits per heavy atom. The molecule has 1 aliphatic heterocycles. The Kier molecular flexibility index (Phi) is 5.98. The lowest BCUT2D eigenvalue weighted by Gasteiger charge is -2.38. The molecule has 1 atom stereocenters. The van der Waals surface area contributed by atoms with Gasteiger partial charge in [0.05, 0.1) is 27.4 Å². The highest BCUT2D eigenvalue weighted by molar-refractivity contribution is 5.90. The van der Waals surface area contributed by atoms with Crippen LogP contribution in [0, 0.1) is 0 Å². The summed E-state index contributed by atoms with van der Waals surface area (Å²) in [5.74, 6) is 2.04. The van der Waals surface area contributed by atoms with Gasteiger partial charge >= 0.3 is 6.03 Å². The largest absolute Gasteiger partial charge is 0.497 e. The van der Waals surface area contributed by atoms with E-state index in [1.807, 2.05) is 65.6 Å². The lowest BCUT2D eigenvalue weighted by molar-refractivity contribution is 0.193. The van der Waals surface area contributed by atoms with E-state index in [-0.39, 0.29) is 12.1 Å². The standard InChI is InChI=1S/C25H26N2O4/c1-29-20-11-7-10-19(15-20)26-25(28)27-13-12-18-14-22(30-2)23(31-3)16-21(18)24(27)17-8-5-4-6-9-17/h4-11,14-16,24H,12-13H2,1-3H3,(H,26,28). The van der Waals surface area contributed by atoms with Crippen molar-refractivity contribution in [2.75, 3.05) is 33.2 Å². The van der Waals surface area contributed by atoms with Gasteiger partial charge in [-0.1, -0.05) is 36.4 Å². The lowest BCUT2D eigenvalue weighted by atomic mass is 9.88. The summed E-state index contributed by atoms with van der Waals surface area (Å²) in [6.45, 7) is 0.581. The van der Waals surface area contributed by atoms with Gasteiger partial charge in [-0.3, -0.25) is 0 Å². The Morgan fingerprint density at radius 1 is 0.903 bits per heavy atom. The van der Waals surface area contributed by atoms with Gasteiger partial charge in [0.15, 0.2) is 11.5 Å². The molecule has 0 aliphatic carbocycles. The molecule has 1 aliphatic rings. The van der Waals surface area contributed by atoms with Crippen molar-refractivity contribution in [2.24, 2.45) is 0 Å². The first kappa shape index (κ1) is 20.6. The van der Waals surface area contributed by atoms with E-state index in [1.54, 1.807) is 27.4 Å². The van der Waals surface area contributed by atoms with Gasteiger partial charge < -0.3 is 24.4 Å². The van der Waals surface area contributed by atoms with Crippen molar-refractivity contribution >= 4 is 11.7 Å². The number of urea groups is 1. The summed E-state index contributed by atoms with van der Waals surface area (Å²) in [7, 11) is 4.86. The minimum Gasteiger partial charge on any atom is -0.497 e. The Balaban J connectivity index is 1.73. The maximum absolute atomic E-state index is 13.4. The molecule has 3 aromatic carbocycles. The number of amides is 2. The first-order valence-electron chi connectivity index (χ1n) is 10.2. The van der Waals surface area contributed by atoms with Gasteiger partial charge in [0.2, 0.25) is 0 Å². The number of anilines is 1. The van der Waals surface area contributed by atoms with Crippen molar-refractivity contribution in [3.05, 3.63) is 83.4 Å². The van der Waals surface area contributed by atoms with Crippen molar-refractivity contribution in [3.63, 3.8) is 0 Å². The number of hydrogen-bond donors (Lipinski definition) is 1. The zero-order chi connectivity index (χ0) is 21.8. The Labute approximate surface area is 182 Å². The maximum Gasteiger partial charge on any atom is 0.322 e. The second-order valence-electron chi connectivity index (χ2n) is 7.32. The van der Waals surface area contributed by atoms with Crippen LogP contribution in [0.3, 0.4) is 0 Å². The number of carbonyl (C=O) groups excluding carboxylic acids is 1. The summed E-state index contributed by atoms with van der Waals surface area (Å²) >= 11 is 0. The molecule has 0 radical (unpaired) electrons. The summed E-state index contributed by atoms with van der Waals surface area (Å²) < 4.78 is 16.3. The van der Waals surface area contributed by atoms with E-state index in [2.05, 4.69) is 5.32 Å². The second-order valence-corrected chi connectivity index (χ2v) is 7.32. The summed E-state index contributed by atoms with van der Waals surface area (Å²) in [5, 5.41) is 3.02. The predicted molar refractivity (Wildman–Crippen MR) is 120 cm³/mol. The molecule has 0 fully saturated rings. The topological polar surface area (TPSA) is 60.0 Å². The summed E-state index contributed by atoms with van der Waals surface area (Å²) in [6.07, 6.45) is 0.727. The molecule has 1 heterocycles. The molecule has 0 saturated carbocycles. The zero-order valence-electron chi connectivity index (χ0n) is 17.9. The summed E-state index contributed by atoms with van der Waals surface area (Å²) in [4.78, 5) is 15.2. The average molecular weight is 418 g/mol. The Bertz CT molecular complexity index is 1070. The van der Waals surface area contributed by atoms with E-state index in [0.29, 0.717) is 29.5 Å². The number of nitrogens with one attached hydrogen (secondary N) is 1. The van der Waals surface area contributed by atoms with Gasteiger partial charge in [-0.2, -0.15) is 0 Å². The van der Waals surface area contributed by atoms with Gasteiger partial charge in [-0.15, -0.1) is 0 Å². The van der Waals surface area contributed by atoms with Gasteiger partial charge in [0.25, 0.3) is 0 Å². The third kappa shape index (κ3) is 4.14. The molecule has 4 rings (SSSR count). The minimum atomic E-state index is -0.240. The molecule has 1 N–H and O–H groups in total. The molecule has 2 amide bonds. The van der Waals surface area contributed by atoms with E-state index in [1.165, 1.54) is 0 Å². The third-order valence-electron chi connectivity index (χ3n) is 5.57. The van der Waals surface area contributed by atoms with E-state index < -0.39 is 0 Å². The van der Waals surface area contributed by atoms with Crippen LogP contribution in [0.2, 0.25) is 0 Å². The molecule has 0 spiro atoms. The molecule has 160 valence electrons. The van der Waals surface area contributed by atoms with Crippen LogP contribution >= 0.6 is 0 Å². The van der Waals surface area contributed by atoms with Crippen LogP contribution in [-0.2, 0) is 6.42 Å².